The summed E-state index contributed by atoms with van der Waals surface area (Å²) in [6.45, 7) is 3.71. The van der Waals surface area contributed by atoms with Crippen LogP contribution in [0.25, 0.3) is 0 Å². The monoisotopic (exact) mass is 283 g/mol. The zero-order valence-corrected chi connectivity index (χ0v) is 12.5. The molecular formula is C18H21NO2. The van der Waals surface area contributed by atoms with Crippen molar-refractivity contribution in [2.45, 2.75) is 32.2 Å². The summed E-state index contributed by atoms with van der Waals surface area (Å²) in [5.74, 6) is -0.832. The maximum Gasteiger partial charge on any atom is 0.329 e. The van der Waals surface area contributed by atoms with E-state index in [9.17, 15) is 9.90 Å². The summed E-state index contributed by atoms with van der Waals surface area (Å²) in [7, 11) is 0. The minimum atomic E-state index is -0.984. The molecule has 0 aliphatic heterocycles. The van der Waals surface area contributed by atoms with Crippen LogP contribution in [0.2, 0.25) is 0 Å². The highest BCUT2D eigenvalue weighted by molar-refractivity contribution is 5.82. The van der Waals surface area contributed by atoms with Crippen molar-refractivity contribution in [3.63, 3.8) is 0 Å². The van der Waals surface area contributed by atoms with E-state index in [1.54, 1.807) is 6.92 Å². The number of anilines is 1. The van der Waals surface area contributed by atoms with Crippen LogP contribution in [0, 0.1) is 6.92 Å². The van der Waals surface area contributed by atoms with Crippen molar-refractivity contribution < 1.29 is 9.90 Å². The predicted molar refractivity (Wildman–Crippen MR) is 85.6 cm³/mol. The minimum absolute atomic E-state index is 0.528. The lowest BCUT2D eigenvalue weighted by Gasteiger charge is -2.28. The molecule has 1 unspecified atom stereocenters. The maximum absolute atomic E-state index is 11.7. The Morgan fingerprint density at radius 1 is 1.10 bits per heavy atom. The highest BCUT2D eigenvalue weighted by Gasteiger charge is 2.32. The number of aliphatic carboxylic acids is 1. The lowest BCUT2D eigenvalue weighted by Crippen LogP contribution is -2.44. The molecule has 0 radical (unpaired) electrons. The molecule has 0 fully saturated rings. The average molecular weight is 283 g/mol. The molecule has 0 saturated carbocycles. The van der Waals surface area contributed by atoms with E-state index >= 15 is 0 Å². The molecule has 3 nitrogen and oxygen atoms in total. The molecule has 21 heavy (non-hydrogen) atoms. The number of nitrogens with one attached hydrogen (secondary N) is 1. The van der Waals surface area contributed by atoms with Crippen LogP contribution in [0.5, 0.6) is 0 Å². The zero-order valence-electron chi connectivity index (χ0n) is 12.5. The van der Waals surface area contributed by atoms with Gasteiger partial charge in [-0.3, -0.25) is 0 Å². The van der Waals surface area contributed by atoms with Crippen molar-refractivity contribution in [2.24, 2.45) is 0 Å². The molecule has 0 bridgehead atoms. The number of carbonyl (C=O) groups is 1. The number of rotatable bonds is 6. The van der Waals surface area contributed by atoms with Gasteiger partial charge in [-0.1, -0.05) is 48.5 Å². The van der Waals surface area contributed by atoms with Crippen molar-refractivity contribution in [3.8, 4) is 0 Å². The topological polar surface area (TPSA) is 49.3 Å². The van der Waals surface area contributed by atoms with Crippen LogP contribution in [-0.2, 0) is 11.2 Å². The molecule has 0 aliphatic rings. The van der Waals surface area contributed by atoms with E-state index in [4.69, 9.17) is 0 Å². The van der Waals surface area contributed by atoms with Gasteiger partial charge >= 0.3 is 5.97 Å². The first-order valence-corrected chi connectivity index (χ1v) is 7.12. The fourth-order valence-corrected chi connectivity index (χ4v) is 2.27. The third-order valence-corrected chi connectivity index (χ3v) is 3.78. The second-order valence-corrected chi connectivity index (χ2v) is 5.56. The lowest BCUT2D eigenvalue weighted by atomic mass is 9.92. The van der Waals surface area contributed by atoms with Gasteiger partial charge in [0, 0.05) is 5.69 Å². The predicted octanol–water partition coefficient (Wildman–Crippen LogP) is 3.88. The van der Waals surface area contributed by atoms with Crippen molar-refractivity contribution in [3.05, 3.63) is 65.7 Å². The lowest BCUT2D eigenvalue weighted by molar-refractivity contribution is -0.141. The molecule has 0 spiro atoms. The van der Waals surface area contributed by atoms with Crippen molar-refractivity contribution in [1.82, 2.24) is 0 Å². The van der Waals surface area contributed by atoms with Crippen molar-refractivity contribution in [2.75, 3.05) is 5.32 Å². The summed E-state index contributed by atoms with van der Waals surface area (Å²) in [5, 5.41) is 12.8. The van der Waals surface area contributed by atoms with Gasteiger partial charge in [0.15, 0.2) is 0 Å². The Morgan fingerprint density at radius 2 is 1.71 bits per heavy atom. The number of benzene rings is 2. The molecule has 2 aromatic rings. The van der Waals surface area contributed by atoms with Gasteiger partial charge in [-0.05, 0) is 43.9 Å². The number of carboxylic acids is 1. The third-order valence-electron chi connectivity index (χ3n) is 3.78. The second-order valence-electron chi connectivity index (χ2n) is 5.56. The first-order valence-electron chi connectivity index (χ1n) is 7.12. The molecule has 1 atom stereocenters. The van der Waals surface area contributed by atoms with Crippen LogP contribution >= 0.6 is 0 Å². The first-order chi connectivity index (χ1) is 10.0. The molecule has 0 heterocycles. The molecular weight excluding hydrogens is 262 g/mol. The summed E-state index contributed by atoms with van der Waals surface area (Å²) >= 11 is 0. The van der Waals surface area contributed by atoms with Gasteiger partial charge in [-0.25, -0.2) is 4.79 Å². The van der Waals surface area contributed by atoms with Gasteiger partial charge in [0.1, 0.15) is 5.54 Å². The van der Waals surface area contributed by atoms with Gasteiger partial charge in [0.25, 0.3) is 0 Å². The molecule has 0 aliphatic carbocycles. The summed E-state index contributed by atoms with van der Waals surface area (Å²) in [4.78, 5) is 11.7. The van der Waals surface area contributed by atoms with Crippen LogP contribution in [-0.4, -0.2) is 16.6 Å². The average Bonchev–Trinajstić information content (AvgIpc) is 2.48. The number of aryl methyl sites for hydroxylation is 2. The molecule has 110 valence electrons. The van der Waals surface area contributed by atoms with Crippen LogP contribution in [0.4, 0.5) is 5.69 Å². The zero-order chi connectivity index (χ0) is 15.3. The number of carboxylic acid groups (broad SMARTS) is 1. The summed E-state index contributed by atoms with van der Waals surface area (Å²) < 4.78 is 0. The molecule has 3 heteroatoms. The Hall–Kier alpha value is -2.29. The smallest absolute Gasteiger partial charge is 0.329 e. The highest BCUT2D eigenvalue weighted by Crippen LogP contribution is 2.23. The molecule has 2 rings (SSSR count). The minimum Gasteiger partial charge on any atom is -0.480 e. The van der Waals surface area contributed by atoms with Crippen LogP contribution < -0.4 is 5.32 Å². The maximum atomic E-state index is 11.7. The third kappa shape index (κ3) is 3.85. The van der Waals surface area contributed by atoms with E-state index in [1.165, 1.54) is 0 Å². The second kappa shape index (κ2) is 6.44. The molecule has 0 amide bonds. The van der Waals surface area contributed by atoms with Gasteiger partial charge in [0.2, 0.25) is 0 Å². The quantitative estimate of drug-likeness (QED) is 0.845. The summed E-state index contributed by atoms with van der Waals surface area (Å²) in [5.41, 5.74) is 2.08. The van der Waals surface area contributed by atoms with E-state index in [0.29, 0.717) is 6.42 Å². The Kier molecular flexibility index (Phi) is 4.63. The standard InChI is InChI=1S/C18H21NO2/c1-14-8-6-7-11-16(14)19-18(2,17(20)21)13-12-15-9-4-3-5-10-15/h3-11,19H,12-13H2,1-2H3,(H,20,21). The molecule has 0 saturated heterocycles. The van der Waals surface area contributed by atoms with E-state index < -0.39 is 11.5 Å². The van der Waals surface area contributed by atoms with Crippen molar-refractivity contribution in [1.29, 1.82) is 0 Å². The first kappa shape index (κ1) is 15.1. The number of para-hydroxylation sites is 1. The summed E-state index contributed by atoms with van der Waals surface area (Å²) in [6, 6.07) is 17.7. The Balaban J connectivity index is 2.13. The Morgan fingerprint density at radius 3 is 2.33 bits per heavy atom. The largest absolute Gasteiger partial charge is 0.480 e. The van der Waals surface area contributed by atoms with Gasteiger partial charge in [-0.2, -0.15) is 0 Å². The van der Waals surface area contributed by atoms with Crippen LogP contribution in [0.15, 0.2) is 54.6 Å². The van der Waals surface area contributed by atoms with Gasteiger partial charge in [-0.15, -0.1) is 0 Å². The molecule has 0 aromatic heterocycles. The summed E-state index contributed by atoms with van der Waals surface area (Å²) in [6.07, 6.45) is 1.25. The van der Waals surface area contributed by atoms with Gasteiger partial charge in [0.05, 0.1) is 0 Å². The van der Waals surface area contributed by atoms with Crippen molar-refractivity contribution >= 4 is 11.7 Å². The fraction of sp³-hybridized carbons (Fsp3) is 0.278. The number of hydrogen-bond acceptors (Lipinski definition) is 2. The van der Waals surface area contributed by atoms with E-state index in [2.05, 4.69) is 5.32 Å². The van der Waals surface area contributed by atoms with Crippen LogP contribution in [0.1, 0.15) is 24.5 Å². The molecule has 2 aromatic carbocycles. The van der Waals surface area contributed by atoms with Crippen LogP contribution in [0.3, 0.4) is 0 Å². The van der Waals surface area contributed by atoms with E-state index in [0.717, 1.165) is 23.2 Å². The fourth-order valence-electron chi connectivity index (χ4n) is 2.27. The Bertz CT molecular complexity index is 610. The Labute approximate surface area is 125 Å². The van der Waals surface area contributed by atoms with E-state index in [1.807, 2.05) is 61.5 Å². The number of hydrogen-bond donors (Lipinski definition) is 2. The SMILES string of the molecule is Cc1ccccc1NC(C)(CCc1ccccc1)C(=O)O. The highest BCUT2D eigenvalue weighted by atomic mass is 16.4. The normalized spacial score (nSPS) is 13.4. The van der Waals surface area contributed by atoms with E-state index in [-0.39, 0.29) is 0 Å². The van der Waals surface area contributed by atoms with Gasteiger partial charge < -0.3 is 10.4 Å². The molecule has 2 N–H and O–H groups in total.